The number of hydrogen-bond donors (Lipinski definition) is 1. The first kappa shape index (κ1) is 6.36. The first-order valence-corrected chi connectivity index (χ1v) is 4.92. The topological polar surface area (TPSA) is 0 Å². The van der Waals surface area contributed by atoms with E-state index in [0.29, 0.717) is 5.25 Å². The summed E-state index contributed by atoms with van der Waals surface area (Å²) in [6.07, 6.45) is 10.9. The number of rotatable bonds is 0. The van der Waals surface area contributed by atoms with E-state index >= 15 is 0 Å². The van der Waals surface area contributed by atoms with Gasteiger partial charge < -0.3 is 0 Å². The predicted octanol–water partition coefficient (Wildman–Crippen LogP) is 2.29. The summed E-state index contributed by atoms with van der Waals surface area (Å²) in [6, 6.07) is 0. The maximum Gasteiger partial charge on any atom is 0.0236 e. The lowest BCUT2D eigenvalue weighted by atomic mass is 9.85. The smallest absolute Gasteiger partial charge is 0.0236 e. The lowest BCUT2D eigenvalue weighted by Crippen LogP contribution is -2.20. The van der Waals surface area contributed by atoms with Crippen LogP contribution in [0.5, 0.6) is 0 Å². The van der Waals surface area contributed by atoms with Crippen LogP contribution in [0.3, 0.4) is 0 Å². The average molecular weight is 164 g/mol. The van der Waals surface area contributed by atoms with Crippen LogP contribution in [-0.4, -0.2) is 5.25 Å². The van der Waals surface area contributed by atoms with Crippen molar-refractivity contribution in [3.05, 3.63) is 24.3 Å². The zero-order chi connectivity index (χ0) is 7.42. The molecule has 0 aromatic rings. The fourth-order valence-electron chi connectivity index (χ4n) is 3.02. The molecule has 0 heterocycles. The second-order valence-corrected chi connectivity index (χ2v) is 4.57. The lowest BCUT2D eigenvalue weighted by molar-refractivity contribution is 0.406. The van der Waals surface area contributed by atoms with Crippen molar-refractivity contribution in [2.75, 3.05) is 0 Å². The minimum atomic E-state index is 0.542. The summed E-state index contributed by atoms with van der Waals surface area (Å²) in [5.74, 6) is 3.39. The summed E-state index contributed by atoms with van der Waals surface area (Å²) in [4.78, 5) is 0. The molecule has 11 heavy (non-hydrogen) atoms. The van der Waals surface area contributed by atoms with Gasteiger partial charge in [-0.3, -0.25) is 0 Å². The highest BCUT2D eigenvalue weighted by atomic mass is 32.1. The van der Waals surface area contributed by atoms with Crippen LogP contribution in [0.2, 0.25) is 0 Å². The van der Waals surface area contributed by atoms with Gasteiger partial charge in [-0.15, -0.1) is 0 Å². The molecule has 1 heteroatoms. The van der Waals surface area contributed by atoms with Gasteiger partial charge in [0.05, 0.1) is 0 Å². The van der Waals surface area contributed by atoms with Crippen LogP contribution < -0.4 is 0 Å². The number of thiol groups is 1. The summed E-state index contributed by atoms with van der Waals surface area (Å²) >= 11 is 4.58. The Kier molecular flexibility index (Phi) is 1.13. The van der Waals surface area contributed by atoms with E-state index < -0.39 is 0 Å². The molecule has 3 aliphatic carbocycles. The van der Waals surface area contributed by atoms with Gasteiger partial charge >= 0.3 is 0 Å². The first-order valence-electron chi connectivity index (χ1n) is 4.41. The molecule has 0 aliphatic heterocycles. The van der Waals surface area contributed by atoms with Crippen molar-refractivity contribution in [2.45, 2.75) is 11.7 Å². The Balaban J connectivity index is 2.02. The number of fused-ring (bicyclic) bond motifs is 5. The Labute approximate surface area is 72.8 Å². The van der Waals surface area contributed by atoms with Crippen molar-refractivity contribution in [1.29, 1.82) is 0 Å². The summed E-state index contributed by atoms with van der Waals surface area (Å²) < 4.78 is 0. The molecule has 3 rings (SSSR count). The second-order valence-electron chi connectivity index (χ2n) is 3.98. The van der Waals surface area contributed by atoms with E-state index in [2.05, 4.69) is 36.9 Å². The molecular weight excluding hydrogens is 152 g/mol. The lowest BCUT2D eigenvalue weighted by Gasteiger charge is -2.22. The van der Waals surface area contributed by atoms with Crippen LogP contribution in [0, 0.1) is 23.7 Å². The highest BCUT2D eigenvalue weighted by molar-refractivity contribution is 7.81. The Morgan fingerprint density at radius 2 is 1.82 bits per heavy atom. The summed E-state index contributed by atoms with van der Waals surface area (Å²) in [6.45, 7) is 0. The minimum Gasteiger partial charge on any atom is -0.171 e. The SMILES string of the molecule is SC1C=CC2C3C=CC(C3)C12. The molecule has 58 valence electrons. The van der Waals surface area contributed by atoms with E-state index in [0.717, 1.165) is 23.7 Å². The highest BCUT2D eigenvalue weighted by Crippen LogP contribution is 2.53. The molecule has 0 nitrogen and oxygen atoms in total. The summed E-state index contributed by atoms with van der Waals surface area (Å²) in [5, 5.41) is 0.542. The van der Waals surface area contributed by atoms with Gasteiger partial charge in [-0.2, -0.15) is 12.6 Å². The van der Waals surface area contributed by atoms with E-state index in [1.54, 1.807) is 0 Å². The molecule has 1 fully saturated rings. The molecule has 0 spiro atoms. The van der Waals surface area contributed by atoms with E-state index in [1.807, 2.05) is 0 Å². The molecule has 3 aliphatic rings. The van der Waals surface area contributed by atoms with Gasteiger partial charge in [-0.05, 0) is 30.1 Å². The maximum absolute atomic E-state index is 4.58. The van der Waals surface area contributed by atoms with Crippen molar-refractivity contribution in [2.24, 2.45) is 23.7 Å². The Morgan fingerprint density at radius 3 is 2.64 bits per heavy atom. The van der Waals surface area contributed by atoms with Crippen LogP contribution in [0.25, 0.3) is 0 Å². The fourth-order valence-corrected chi connectivity index (χ4v) is 3.54. The van der Waals surface area contributed by atoms with Crippen molar-refractivity contribution < 1.29 is 0 Å². The zero-order valence-corrected chi connectivity index (χ0v) is 7.24. The van der Waals surface area contributed by atoms with Gasteiger partial charge in [-0.25, -0.2) is 0 Å². The molecule has 0 aromatic heterocycles. The van der Waals surface area contributed by atoms with Gasteiger partial charge in [0.2, 0.25) is 0 Å². The quantitative estimate of drug-likeness (QED) is 0.412. The third kappa shape index (κ3) is 0.677. The van der Waals surface area contributed by atoms with E-state index in [9.17, 15) is 0 Å². The molecular formula is C10H12S. The monoisotopic (exact) mass is 164 g/mol. The summed E-state index contributed by atoms with van der Waals surface area (Å²) in [7, 11) is 0. The minimum absolute atomic E-state index is 0.542. The standard InChI is InChI=1S/C10H12S/c11-9-4-3-8-6-1-2-7(5-6)10(8)9/h1-4,6-11H,5H2. The first-order chi connectivity index (χ1) is 5.36. The molecule has 0 saturated heterocycles. The van der Waals surface area contributed by atoms with Gasteiger partial charge in [0.1, 0.15) is 0 Å². The predicted molar refractivity (Wildman–Crippen MR) is 49.6 cm³/mol. The Bertz CT molecular complexity index is 241. The second kappa shape index (κ2) is 1.95. The van der Waals surface area contributed by atoms with Crippen LogP contribution in [0.1, 0.15) is 6.42 Å². The molecule has 0 amide bonds. The van der Waals surface area contributed by atoms with Crippen molar-refractivity contribution in [3.8, 4) is 0 Å². The van der Waals surface area contributed by atoms with E-state index in [1.165, 1.54) is 6.42 Å². The molecule has 0 N–H and O–H groups in total. The average Bonchev–Trinajstić information content (AvgIpc) is 2.60. The highest BCUT2D eigenvalue weighted by Gasteiger charge is 2.47. The van der Waals surface area contributed by atoms with Crippen LogP contribution in [0.4, 0.5) is 0 Å². The molecule has 5 unspecified atom stereocenters. The van der Waals surface area contributed by atoms with Gasteiger partial charge in [-0.1, -0.05) is 24.3 Å². The summed E-state index contributed by atoms with van der Waals surface area (Å²) in [5.41, 5.74) is 0. The largest absolute Gasteiger partial charge is 0.171 e. The maximum atomic E-state index is 4.58. The molecule has 0 radical (unpaired) electrons. The Hall–Kier alpha value is -0.170. The van der Waals surface area contributed by atoms with Crippen molar-refractivity contribution in [1.82, 2.24) is 0 Å². The number of hydrogen-bond acceptors (Lipinski definition) is 1. The van der Waals surface area contributed by atoms with Crippen LogP contribution in [-0.2, 0) is 0 Å². The molecule has 1 saturated carbocycles. The molecule has 0 aromatic carbocycles. The van der Waals surface area contributed by atoms with Crippen LogP contribution >= 0.6 is 12.6 Å². The van der Waals surface area contributed by atoms with Crippen LogP contribution in [0.15, 0.2) is 24.3 Å². The van der Waals surface area contributed by atoms with Crippen molar-refractivity contribution >= 4 is 12.6 Å². The Morgan fingerprint density at radius 1 is 1.00 bits per heavy atom. The van der Waals surface area contributed by atoms with Gasteiger partial charge in [0, 0.05) is 5.25 Å². The third-order valence-electron chi connectivity index (χ3n) is 3.51. The molecule has 5 atom stereocenters. The zero-order valence-electron chi connectivity index (χ0n) is 6.35. The van der Waals surface area contributed by atoms with Gasteiger partial charge in [0.25, 0.3) is 0 Å². The fraction of sp³-hybridized carbons (Fsp3) is 0.600. The number of allylic oxidation sites excluding steroid dienone is 3. The van der Waals surface area contributed by atoms with E-state index in [4.69, 9.17) is 0 Å². The van der Waals surface area contributed by atoms with E-state index in [-0.39, 0.29) is 0 Å². The van der Waals surface area contributed by atoms with Crippen molar-refractivity contribution in [3.63, 3.8) is 0 Å². The normalized spacial score (nSPS) is 57.4. The third-order valence-corrected chi connectivity index (χ3v) is 4.02. The van der Waals surface area contributed by atoms with Gasteiger partial charge in [0.15, 0.2) is 0 Å². The molecule has 2 bridgehead atoms.